The van der Waals surface area contributed by atoms with Gasteiger partial charge in [0.2, 0.25) is 0 Å². The molecule has 0 N–H and O–H groups in total. The Morgan fingerprint density at radius 1 is 1.30 bits per heavy atom. The Morgan fingerprint density at radius 3 is 2.80 bits per heavy atom. The van der Waals surface area contributed by atoms with Crippen LogP contribution in [0.5, 0.6) is 0 Å². The van der Waals surface area contributed by atoms with Gasteiger partial charge in [-0.15, -0.1) is 22.0 Å². The van der Waals surface area contributed by atoms with E-state index in [1.807, 2.05) is 0 Å². The van der Waals surface area contributed by atoms with Crippen LogP contribution in [0.3, 0.4) is 0 Å². The summed E-state index contributed by atoms with van der Waals surface area (Å²) < 4.78 is 1.80. The number of aryl methyl sites for hydroxylation is 2. The Labute approximate surface area is 126 Å². The fourth-order valence-electron chi connectivity index (χ4n) is 2.09. The van der Waals surface area contributed by atoms with Crippen molar-refractivity contribution in [2.24, 2.45) is 0 Å². The van der Waals surface area contributed by atoms with Gasteiger partial charge in [-0.3, -0.25) is 9.36 Å². The van der Waals surface area contributed by atoms with Gasteiger partial charge in [-0.25, -0.2) is 0 Å². The molecule has 2 aromatic rings. The molecule has 0 saturated heterocycles. The molecule has 4 nitrogen and oxygen atoms in total. The van der Waals surface area contributed by atoms with Crippen molar-refractivity contribution in [2.45, 2.75) is 29.9 Å². The topological polar surface area (TPSA) is 47.8 Å². The third-order valence-corrected chi connectivity index (χ3v) is 5.50. The fourth-order valence-corrected chi connectivity index (χ4v) is 4.29. The zero-order valence-electron chi connectivity index (χ0n) is 11.4. The van der Waals surface area contributed by atoms with Crippen molar-refractivity contribution < 1.29 is 0 Å². The highest BCUT2D eigenvalue weighted by molar-refractivity contribution is 8.00. The number of rotatable bonds is 3. The molecule has 1 aromatic heterocycles. The molecule has 3 rings (SSSR count). The Bertz CT molecular complexity index is 682. The monoisotopic (exact) mass is 305 g/mol. The first-order valence-corrected chi connectivity index (χ1v) is 8.40. The Hall–Kier alpha value is -1.27. The molecule has 0 spiro atoms. The number of hydrogen-bond donors (Lipinski definition) is 0. The summed E-state index contributed by atoms with van der Waals surface area (Å²) in [4.78, 5) is 13.4. The van der Waals surface area contributed by atoms with E-state index in [0.29, 0.717) is 5.69 Å². The van der Waals surface area contributed by atoms with Crippen molar-refractivity contribution in [2.75, 3.05) is 11.5 Å². The fraction of sp³-hybridized carbons (Fsp3) is 0.357. The second-order valence-electron chi connectivity index (χ2n) is 4.83. The van der Waals surface area contributed by atoms with Gasteiger partial charge in [-0.1, -0.05) is 29.5 Å². The summed E-state index contributed by atoms with van der Waals surface area (Å²) in [6.45, 7) is 3.80. The van der Waals surface area contributed by atoms with Gasteiger partial charge in [0.15, 0.2) is 5.16 Å². The van der Waals surface area contributed by atoms with Crippen molar-refractivity contribution >= 4 is 23.5 Å². The smallest absolute Gasteiger partial charge is 0.276 e. The Balaban J connectivity index is 1.77. The summed E-state index contributed by atoms with van der Waals surface area (Å²) in [7, 11) is 0. The first-order chi connectivity index (χ1) is 9.65. The third kappa shape index (κ3) is 2.62. The van der Waals surface area contributed by atoms with Crippen LogP contribution in [0.1, 0.15) is 17.3 Å². The van der Waals surface area contributed by atoms with Crippen LogP contribution in [0, 0.1) is 13.8 Å². The molecule has 0 amide bonds. The normalized spacial score (nSPS) is 17.2. The maximum atomic E-state index is 12.2. The maximum absolute atomic E-state index is 12.2. The second-order valence-corrected chi connectivity index (χ2v) is 6.91. The van der Waals surface area contributed by atoms with Crippen molar-refractivity contribution in [3.63, 3.8) is 0 Å². The number of nitrogens with zero attached hydrogens (tertiary/aromatic N) is 3. The van der Waals surface area contributed by atoms with E-state index < -0.39 is 0 Å². The van der Waals surface area contributed by atoms with Crippen LogP contribution in [0.2, 0.25) is 0 Å². The minimum atomic E-state index is -0.00509. The predicted molar refractivity (Wildman–Crippen MR) is 82.7 cm³/mol. The lowest BCUT2D eigenvalue weighted by molar-refractivity contribution is 0.526. The summed E-state index contributed by atoms with van der Waals surface area (Å²) in [5.41, 5.74) is 1.73. The van der Waals surface area contributed by atoms with Gasteiger partial charge in [0.1, 0.15) is 5.69 Å². The lowest BCUT2D eigenvalue weighted by atomic mass is 10.2. The molecule has 2 heterocycles. The van der Waals surface area contributed by atoms with Crippen molar-refractivity contribution in [3.8, 4) is 0 Å². The first kappa shape index (κ1) is 13.7. The second kappa shape index (κ2) is 5.61. The van der Waals surface area contributed by atoms with E-state index in [4.69, 9.17) is 0 Å². The van der Waals surface area contributed by atoms with Gasteiger partial charge in [0.25, 0.3) is 5.56 Å². The third-order valence-electron chi connectivity index (χ3n) is 3.25. The van der Waals surface area contributed by atoms with E-state index in [1.54, 1.807) is 35.0 Å². The van der Waals surface area contributed by atoms with Crippen LogP contribution < -0.4 is 5.56 Å². The molecular weight excluding hydrogens is 290 g/mol. The molecular formula is C14H15N3OS2. The zero-order chi connectivity index (χ0) is 14.1. The van der Waals surface area contributed by atoms with Crippen LogP contribution in [0.4, 0.5) is 0 Å². The van der Waals surface area contributed by atoms with Gasteiger partial charge in [-0.05, 0) is 26.0 Å². The summed E-state index contributed by atoms with van der Waals surface area (Å²) in [5.74, 6) is 1.78. The van der Waals surface area contributed by atoms with E-state index in [-0.39, 0.29) is 11.6 Å². The van der Waals surface area contributed by atoms with Crippen molar-refractivity contribution in [3.05, 3.63) is 45.9 Å². The molecule has 0 aliphatic carbocycles. The van der Waals surface area contributed by atoms with E-state index in [2.05, 4.69) is 41.4 Å². The van der Waals surface area contributed by atoms with Gasteiger partial charge in [0, 0.05) is 16.4 Å². The van der Waals surface area contributed by atoms with Gasteiger partial charge in [0.05, 0.1) is 6.04 Å². The molecule has 20 heavy (non-hydrogen) atoms. The van der Waals surface area contributed by atoms with Crippen molar-refractivity contribution in [1.82, 2.24) is 14.8 Å². The molecule has 0 fully saturated rings. The molecule has 1 aliphatic heterocycles. The largest absolute Gasteiger partial charge is 0.280 e. The van der Waals surface area contributed by atoms with Crippen LogP contribution in [0.15, 0.2) is 39.1 Å². The standard InChI is InChI=1S/C14H15N3OS2/c1-9-3-5-12(6-4-9)19-7-11-8-20-14-16-15-10(2)13(18)17(11)14/h3-6,11H,7-8H2,1-2H3/t11-/m0/s1. The summed E-state index contributed by atoms with van der Waals surface area (Å²) in [6, 6.07) is 8.68. The molecule has 0 saturated carbocycles. The van der Waals surface area contributed by atoms with Gasteiger partial charge in [-0.2, -0.15) is 0 Å². The Kier molecular flexibility index (Phi) is 3.85. The molecule has 6 heteroatoms. The van der Waals surface area contributed by atoms with Crippen LogP contribution >= 0.6 is 23.5 Å². The van der Waals surface area contributed by atoms with E-state index in [1.165, 1.54) is 10.5 Å². The first-order valence-electron chi connectivity index (χ1n) is 6.43. The molecule has 1 aliphatic rings. The summed E-state index contributed by atoms with van der Waals surface area (Å²) in [5, 5.41) is 8.75. The van der Waals surface area contributed by atoms with E-state index >= 15 is 0 Å². The minimum Gasteiger partial charge on any atom is -0.280 e. The SMILES string of the molecule is Cc1ccc(SC[C@H]2CSc3nnc(C)c(=O)n32)cc1. The highest BCUT2D eigenvalue weighted by atomic mass is 32.2. The number of hydrogen-bond acceptors (Lipinski definition) is 5. The lowest BCUT2D eigenvalue weighted by Crippen LogP contribution is -2.28. The Morgan fingerprint density at radius 2 is 2.05 bits per heavy atom. The molecule has 0 radical (unpaired) electrons. The number of aromatic nitrogens is 3. The molecule has 104 valence electrons. The number of benzene rings is 1. The number of fused-ring (bicyclic) bond motifs is 1. The highest BCUT2D eigenvalue weighted by Crippen LogP contribution is 2.33. The average molecular weight is 305 g/mol. The minimum absolute atomic E-state index is 0.00509. The van der Waals surface area contributed by atoms with E-state index in [9.17, 15) is 4.79 Å². The van der Waals surface area contributed by atoms with Gasteiger partial charge >= 0.3 is 0 Å². The molecule has 0 bridgehead atoms. The zero-order valence-corrected chi connectivity index (χ0v) is 13.0. The predicted octanol–water partition coefficient (Wildman–Crippen LogP) is 2.69. The lowest BCUT2D eigenvalue weighted by Gasteiger charge is -2.12. The number of thioether (sulfide) groups is 2. The van der Waals surface area contributed by atoms with E-state index in [0.717, 1.165) is 16.7 Å². The quantitative estimate of drug-likeness (QED) is 0.816. The molecule has 1 atom stereocenters. The highest BCUT2D eigenvalue weighted by Gasteiger charge is 2.26. The van der Waals surface area contributed by atoms with Crippen LogP contribution in [0.25, 0.3) is 0 Å². The molecule has 0 unspecified atom stereocenters. The summed E-state index contributed by atoms with van der Waals surface area (Å²) in [6.07, 6.45) is 0. The van der Waals surface area contributed by atoms with Gasteiger partial charge < -0.3 is 0 Å². The summed E-state index contributed by atoms with van der Waals surface area (Å²) >= 11 is 3.40. The van der Waals surface area contributed by atoms with Crippen LogP contribution in [-0.2, 0) is 0 Å². The maximum Gasteiger partial charge on any atom is 0.276 e. The average Bonchev–Trinajstić information content (AvgIpc) is 2.86. The van der Waals surface area contributed by atoms with Crippen LogP contribution in [-0.4, -0.2) is 26.3 Å². The van der Waals surface area contributed by atoms with Crippen molar-refractivity contribution in [1.29, 1.82) is 0 Å². The molecule has 1 aromatic carbocycles.